The van der Waals surface area contributed by atoms with Crippen molar-refractivity contribution in [2.75, 3.05) is 6.26 Å². The van der Waals surface area contributed by atoms with E-state index in [0.717, 1.165) is 10.5 Å². The van der Waals surface area contributed by atoms with Crippen molar-refractivity contribution < 1.29 is 4.39 Å². The quantitative estimate of drug-likeness (QED) is 0.849. The van der Waals surface area contributed by atoms with Crippen LogP contribution in [0.4, 0.5) is 4.39 Å². The molecule has 1 aromatic heterocycles. The lowest BCUT2D eigenvalue weighted by Crippen LogP contribution is -2.13. The summed E-state index contributed by atoms with van der Waals surface area (Å²) in [5, 5.41) is 0. The molecule has 17 heavy (non-hydrogen) atoms. The minimum atomic E-state index is -0.450. The lowest BCUT2D eigenvalue weighted by Gasteiger charge is -2.13. The largest absolute Gasteiger partial charge is 0.320 e. The molecule has 2 N–H and O–H groups in total. The number of nitrogens with two attached hydrogens (primary N) is 1. The van der Waals surface area contributed by atoms with Crippen molar-refractivity contribution in [2.45, 2.75) is 10.9 Å². The van der Waals surface area contributed by atoms with E-state index in [-0.39, 0.29) is 5.82 Å². The number of hydrogen-bond acceptors (Lipinski definition) is 3. The predicted octanol–water partition coefficient (Wildman–Crippen LogP) is 2.99. The van der Waals surface area contributed by atoms with E-state index in [2.05, 4.69) is 4.98 Å². The van der Waals surface area contributed by atoms with Gasteiger partial charge in [0.25, 0.3) is 0 Å². The standard InChI is InChI=1S/C13H13FN2S/c1-17-10-4-2-9(3-5-10)13(15)11-6-7-16-8-12(11)14/h2-8,13H,15H2,1H3. The van der Waals surface area contributed by atoms with Crippen molar-refractivity contribution in [2.24, 2.45) is 5.73 Å². The minimum Gasteiger partial charge on any atom is -0.320 e. The second-order valence-corrected chi connectivity index (χ2v) is 4.53. The van der Waals surface area contributed by atoms with Gasteiger partial charge < -0.3 is 5.73 Å². The molecule has 1 unspecified atom stereocenters. The van der Waals surface area contributed by atoms with Crippen molar-refractivity contribution in [3.63, 3.8) is 0 Å². The van der Waals surface area contributed by atoms with Crippen molar-refractivity contribution in [1.29, 1.82) is 0 Å². The second kappa shape index (κ2) is 5.29. The van der Waals surface area contributed by atoms with Crippen molar-refractivity contribution in [3.8, 4) is 0 Å². The summed E-state index contributed by atoms with van der Waals surface area (Å²) in [6.07, 6.45) is 4.75. The molecule has 0 bridgehead atoms. The number of thioether (sulfide) groups is 1. The number of benzene rings is 1. The molecule has 0 saturated heterocycles. The first-order chi connectivity index (χ1) is 8.22. The second-order valence-electron chi connectivity index (χ2n) is 3.65. The number of aromatic nitrogens is 1. The van der Waals surface area contributed by atoms with Gasteiger partial charge in [0.1, 0.15) is 5.82 Å². The van der Waals surface area contributed by atoms with Gasteiger partial charge in [-0.15, -0.1) is 11.8 Å². The van der Waals surface area contributed by atoms with E-state index in [0.29, 0.717) is 5.56 Å². The van der Waals surface area contributed by atoms with Crippen LogP contribution in [0.1, 0.15) is 17.2 Å². The Kier molecular flexibility index (Phi) is 3.76. The smallest absolute Gasteiger partial charge is 0.146 e. The summed E-state index contributed by atoms with van der Waals surface area (Å²) >= 11 is 1.66. The van der Waals surface area contributed by atoms with E-state index in [1.807, 2.05) is 30.5 Å². The first-order valence-corrected chi connectivity index (χ1v) is 6.44. The zero-order valence-electron chi connectivity index (χ0n) is 9.43. The van der Waals surface area contributed by atoms with Gasteiger partial charge in [-0.2, -0.15) is 0 Å². The van der Waals surface area contributed by atoms with Gasteiger partial charge in [-0.25, -0.2) is 4.39 Å². The molecule has 0 amide bonds. The summed E-state index contributed by atoms with van der Waals surface area (Å²) in [4.78, 5) is 4.88. The van der Waals surface area contributed by atoms with Crippen LogP contribution in [0.15, 0.2) is 47.6 Å². The topological polar surface area (TPSA) is 38.9 Å². The lowest BCUT2D eigenvalue weighted by molar-refractivity contribution is 0.593. The maximum absolute atomic E-state index is 13.5. The average molecular weight is 248 g/mol. The third-order valence-corrected chi connectivity index (χ3v) is 3.36. The Morgan fingerprint density at radius 1 is 1.24 bits per heavy atom. The monoisotopic (exact) mass is 248 g/mol. The lowest BCUT2D eigenvalue weighted by atomic mass is 10.0. The zero-order valence-corrected chi connectivity index (χ0v) is 10.2. The van der Waals surface area contributed by atoms with Crippen LogP contribution in [0.2, 0.25) is 0 Å². The molecule has 2 aromatic rings. The Labute approximate surface area is 104 Å². The van der Waals surface area contributed by atoms with Crippen LogP contribution < -0.4 is 5.73 Å². The number of halogens is 1. The van der Waals surface area contributed by atoms with Crippen LogP contribution >= 0.6 is 11.8 Å². The molecule has 0 radical (unpaired) electrons. The predicted molar refractivity (Wildman–Crippen MR) is 68.4 cm³/mol. The first kappa shape index (κ1) is 12.1. The fourth-order valence-corrected chi connectivity index (χ4v) is 2.04. The zero-order chi connectivity index (χ0) is 12.3. The molecule has 1 aromatic carbocycles. The highest BCUT2D eigenvalue weighted by Crippen LogP contribution is 2.23. The van der Waals surface area contributed by atoms with Crippen LogP contribution in [-0.4, -0.2) is 11.2 Å². The van der Waals surface area contributed by atoms with E-state index >= 15 is 0 Å². The highest BCUT2D eigenvalue weighted by molar-refractivity contribution is 7.98. The van der Waals surface area contributed by atoms with Crippen LogP contribution in [0, 0.1) is 5.82 Å². The van der Waals surface area contributed by atoms with E-state index in [9.17, 15) is 4.39 Å². The summed E-state index contributed by atoms with van der Waals surface area (Å²) in [6, 6.07) is 8.99. The van der Waals surface area contributed by atoms with Crippen LogP contribution in [0.3, 0.4) is 0 Å². The van der Waals surface area contributed by atoms with E-state index < -0.39 is 6.04 Å². The Hall–Kier alpha value is -1.39. The summed E-state index contributed by atoms with van der Waals surface area (Å²) in [7, 11) is 0. The SMILES string of the molecule is CSc1ccc(C(N)c2ccncc2F)cc1. The Bertz CT molecular complexity index is 499. The number of rotatable bonds is 3. The van der Waals surface area contributed by atoms with Crippen molar-refractivity contribution >= 4 is 11.8 Å². The molecule has 0 aliphatic carbocycles. The molecule has 0 aliphatic heterocycles. The van der Waals surface area contributed by atoms with Gasteiger partial charge in [0.05, 0.1) is 12.2 Å². The van der Waals surface area contributed by atoms with Gasteiger partial charge in [-0.1, -0.05) is 12.1 Å². The van der Waals surface area contributed by atoms with Crippen LogP contribution in [0.5, 0.6) is 0 Å². The van der Waals surface area contributed by atoms with Crippen molar-refractivity contribution in [3.05, 3.63) is 59.7 Å². The maximum Gasteiger partial charge on any atom is 0.146 e. The molecule has 0 spiro atoms. The third-order valence-electron chi connectivity index (χ3n) is 2.61. The number of nitrogens with zero attached hydrogens (tertiary/aromatic N) is 1. The molecular formula is C13H13FN2S. The van der Waals surface area contributed by atoms with Gasteiger partial charge in [0.15, 0.2) is 0 Å². The summed E-state index contributed by atoms with van der Waals surface area (Å²) in [6.45, 7) is 0. The Morgan fingerprint density at radius 2 is 1.94 bits per heavy atom. The number of pyridine rings is 1. The molecule has 1 atom stereocenters. The molecule has 88 valence electrons. The Balaban J connectivity index is 2.30. The third kappa shape index (κ3) is 2.65. The highest BCUT2D eigenvalue weighted by atomic mass is 32.2. The summed E-state index contributed by atoms with van der Waals surface area (Å²) in [5.74, 6) is -0.367. The van der Waals surface area contributed by atoms with Gasteiger partial charge in [-0.05, 0) is 30.0 Å². The fourth-order valence-electron chi connectivity index (χ4n) is 1.63. The van der Waals surface area contributed by atoms with E-state index in [1.165, 1.54) is 6.20 Å². The highest BCUT2D eigenvalue weighted by Gasteiger charge is 2.12. The molecule has 0 aliphatic rings. The van der Waals surface area contributed by atoms with Crippen LogP contribution in [0.25, 0.3) is 0 Å². The molecule has 1 heterocycles. The molecule has 0 fully saturated rings. The minimum absolute atomic E-state index is 0.367. The first-order valence-electron chi connectivity index (χ1n) is 5.21. The van der Waals surface area contributed by atoms with Gasteiger partial charge >= 0.3 is 0 Å². The normalized spacial score (nSPS) is 12.4. The molecule has 0 saturated carbocycles. The van der Waals surface area contributed by atoms with Crippen LogP contribution in [-0.2, 0) is 0 Å². The molecule has 2 rings (SSSR count). The van der Waals surface area contributed by atoms with Gasteiger partial charge in [-0.3, -0.25) is 4.98 Å². The van der Waals surface area contributed by atoms with Gasteiger partial charge in [0.2, 0.25) is 0 Å². The molecule has 2 nitrogen and oxygen atoms in total. The molecular weight excluding hydrogens is 235 g/mol. The van der Waals surface area contributed by atoms with E-state index in [1.54, 1.807) is 24.0 Å². The van der Waals surface area contributed by atoms with Crippen molar-refractivity contribution in [1.82, 2.24) is 4.98 Å². The number of hydrogen-bond donors (Lipinski definition) is 1. The van der Waals surface area contributed by atoms with E-state index in [4.69, 9.17) is 5.73 Å². The maximum atomic E-state index is 13.5. The molecule has 4 heteroatoms. The Morgan fingerprint density at radius 3 is 2.53 bits per heavy atom. The fraction of sp³-hybridized carbons (Fsp3) is 0.154. The average Bonchev–Trinajstić information content (AvgIpc) is 2.39. The summed E-state index contributed by atoms with van der Waals surface area (Å²) in [5.41, 5.74) is 7.40. The van der Waals surface area contributed by atoms with Gasteiger partial charge in [0, 0.05) is 16.7 Å². The summed E-state index contributed by atoms with van der Waals surface area (Å²) < 4.78 is 13.5.